The molecule has 1 heterocycles. The molecule has 21 heavy (non-hydrogen) atoms. The minimum absolute atomic E-state index is 0.448. The third-order valence-electron chi connectivity index (χ3n) is 3.65. The molecule has 2 N–H and O–H groups in total. The first kappa shape index (κ1) is 15.8. The van der Waals surface area contributed by atoms with Crippen LogP contribution >= 0.6 is 11.5 Å². The van der Waals surface area contributed by atoms with Crippen LogP contribution in [0.2, 0.25) is 0 Å². The van der Waals surface area contributed by atoms with E-state index in [1.807, 2.05) is 18.2 Å². The number of nitrogens with zero attached hydrogens (tertiary/aromatic N) is 2. The zero-order valence-corrected chi connectivity index (χ0v) is 14.0. The highest BCUT2D eigenvalue weighted by molar-refractivity contribution is 7.11. The monoisotopic (exact) mass is 303 g/mol. The van der Waals surface area contributed by atoms with Gasteiger partial charge in [0.25, 0.3) is 0 Å². The Balaban J connectivity index is 2.33. The Labute approximate surface area is 132 Å². The van der Waals surface area contributed by atoms with Crippen LogP contribution < -0.4 is 10.6 Å². The summed E-state index contributed by atoms with van der Waals surface area (Å²) in [5.41, 5.74) is 8.38. The van der Waals surface area contributed by atoms with Gasteiger partial charge in [-0.05, 0) is 37.4 Å². The van der Waals surface area contributed by atoms with Crippen molar-refractivity contribution in [2.75, 3.05) is 17.2 Å². The van der Waals surface area contributed by atoms with E-state index in [-0.39, 0.29) is 0 Å². The smallest absolute Gasteiger partial charge is 0.147 e. The molecule has 1 aromatic carbocycles. The first-order valence-electron chi connectivity index (χ1n) is 7.72. The molecular weight excluding hydrogens is 278 g/mol. The first-order chi connectivity index (χ1) is 10.1. The Morgan fingerprint density at radius 1 is 1.19 bits per heavy atom. The predicted octanol–water partition coefficient (Wildman–Crippen LogP) is 4.80. The van der Waals surface area contributed by atoms with Gasteiger partial charge in [-0.3, -0.25) is 0 Å². The van der Waals surface area contributed by atoms with Crippen LogP contribution in [0.4, 0.5) is 10.8 Å². The van der Waals surface area contributed by atoms with E-state index in [0.29, 0.717) is 11.9 Å². The molecule has 3 nitrogen and oxygen atoms in total. The topological polar surface area (TPSA) is 42.2 Å². The normalized spacial score (nSPS) is 11.0. The van der Waals surface area contributed by atoms with Crippen molar-refractivity contribution in [2.45, 2.75) is 46.1 Å². The Hall–Kier alpha value is -1.55. The Kier molecular flexibility index (Phi) is 5.62. The third kappa shape index (κ3) is 3.76. The van der Waals surface area contributed by atoms with Crippen molar-refractivity contribution in [3.63, 3.8) is 0 Å². The van der Waals surface area contributed by atoms with Crippen LogP contribution in [0.3, 0.4) is 0 Å². The van der Waals surface area contributed by atoms with E-state index in [9.17, 15) is 0 Å². The zero-order valence-electron chi connectivity index (χ0n) is 13.2. The van der Waals surface area contributed by atoms with Gasteiger partial charge in [-0.2, -0.15) is 4.37 Å². The molecule has 0 atom stereocenters. The summed E-state index contributed by atoms with van der Waals surface area (Å²) in [5, 5.41) is 1.20. The molecule has 2 rings (SSSR count). The van der Waals surface area contributed by atoms with E-state index in [1.54, 1.807) is 0 Å². The van der Waals surface area contributed by atoms with E-state index in [2.05, 4.69) is 42.2 Å². The van der Waals surface area contributed by atoms with Crippen molar-refractivity contribution < 1.29 is 0 Å². The molecule has 0 unspecified atom stereocenters. The molecule has 0 saturated heterocycles. The number of hydrogen-bond donors (Lipinski definition) is 1. The fourth-order valence-corrected chi connectivity index (χ4v) is 3.49. The number of nitrogen functional groups attached to an aromatic ring is 1. The molecular formula is C17H25N3S. The first-order valence-corrected chi connectivity index (χ1v) is 8.49. The maximum absolute atomic E-state index is 6.14. The lowest BCUT2D eigenvalue weighted by molar-refractivity contribution is 0.630. The molecule has 0 radical (unpaired) electrons. The zero-order chi connectivity index (χ0) is 15.2. The number of aromatic nitrogens is 1. The molecule has 0 saturated carbocycles. The summed E-state index contributed by atoms with van der Waals surface area (Å²) in [6.45, 7) is 7.76. The second kappa shape index (κ2) is 7.46. The number of anilines is 2. The molecule has 0 fully saturated rings. The van der Waals surface area contributed by atoms with Gasteiger partial charge in [0.1, 0.15) is 10.8 Å². The summed E-state index contributed by atoms with van der Waals surface area (Å²) >= 11 is 1.52. The van der Waals surface area contributed by atoms with E-state index >= 15 is 0 Å². The molecule has 0 spiro atoms. The van der Waals surface area contributed by atoms with Gasteiger partial charge in [0.2, 0.25) is 0 Å². The molecule has 0 aliphatic heterocycles. The third-order valence-corrected chi connectivity index (χ3v) is 4.55. The van der Waals surface area contributed by atoms with E-state index in [4.69, 9.17) is 5.73 Å². The highest BCUT2D eigenvalue weighted by Crippen LogP contribution is 2.40. The van der Waals surface area contributed by atoms with Crippen molar-refractivity contribution >= 4 is 22.4 Å². The molecule has 114 valence electrons. The van der Waals surface area contributed by atoms with Gasteiger partial charge in [-0.1, -0.05) is 50.1 Å². The largest absolute Gasteiger partial charge is 0.382 e. The van der Waals surface area contributed by atoms with Crippen molar-refractivity contribution in [1.82, 2.24) is 4.37 Å². The SMILES string of the molecule is CCCCCN(c1snc(N)c1-c1ccccc1)C(C)C. The van der Waals surface area contributed by atoms with Gasteiger partial charge >= 0.3 is 0 Å². The molecule has 0 amide bonds. The van der Waals surface area contributed by atoms with E-state index in [0.717, 1.165) is 17.7 Å². The summed E-state index contributed by atoms with van der Waals surface area (Å²) in [5.74, 6) is 0.641. The number of hydrogen-bond acceptors (Lipinski definition) is 4. The summed E-state index contributed by atoms with van der Waals surface area (Å²) in [6, 6.07) is 10.8. The fourth-order valence-electron chi connectivity index (χ4n) is 2.49. The lowest BCUT2D eigenvalue weighted by Crippen LogP contribution is -2.31. The Bertz CT molecular complexity index is 548. The van der Waals surface area contributed by atoms with Crippen molar-refractivity contribution in [1.29, 1.82) is 0 Å². The summed E-state index contributed by atoms with van der Waals surface area (Å²) < 4.78 is 4.40. The molecule has 0 aliphatic rings. The highest BCUT2D eigenvalue weighted by Gasteiger charge is 2.20. The van der Waals surface area contributed by atoms with Crippen LogP contribution in [0.1, 0.15) is 40.0 Å². The van der Waals surface area contributed by atoms with Gasteiger partial charge < -0.3 is 10.6 Å². The maximum Gasteiger partial charge on any atom is 0.147 e. The second-order valence-electron chi connectivity index (χ2n) is 5.61. The molecule has 4 heteroatoms. The highest BCUT2D eigenvalue weighted by atomic mass is 32.1. The summed E-state index contributed by atoms with van der Waals surface area (Å²) in [6.07, 6.45) is 3.71. The van der Waals surface area contributed by atoms with E-state index in [1.165, 1.54) is 35.8 Å². The standard InChI is InChI=1S/C17H25N3S/c1-4-5-9-12-20(13(2)3)17-15(16(18)19-21-17)14-10-7-6-8-11-14/h6-8,10-11,13H,4-5,9,12H2,1-3H3,(H2,18,19). The fraction of sp³-hybridized carbons (Fsp3) is 0.471. The van der Waals surface area contributed by atoms with Gasteiger partial charge in [0, 0.05) is 12.6 Å². The van der Waals surface area contributed by atoms with Gasteiger partial charge in [-0.15, -0.1) is 0 Å². The quantitative estimate of drug-likeness (QED) is 0.747. The average Bonchev–Trinajstić information content (AvgIpc) is 2.85. The minimum atomic E-state index is 0.448. The van der Waals surface area contributed by atoms with Crippen molar-refractivity contribution in [2.24, 2.45) is 0 Å². The van der Waals surface area contributed by atoms with Crippen LogP contribution in [-0.4, -0.2) is 17.0 Å². The summed E-state index contributed by atoms with van der Waals surface area (Å²) in [4.78, 5) is 2.44. The Morgan fingerprint density at radius 3 is 2.52 bits per heavy atom. The van der Waals surface area contributed by atoms with Crippen molar-refractivity contribution in [3.8, 4) is 11.1 Å². The molecule has 0 bridgehead atoms. The predicted molar refractivity (Wildman–Crippen MR) is 94.0 cm³/mol. The van der Waals surface area contributed by atoms with Crippen LogP contribution in [0, 0.1) is 0 Å². The number of benzene rings is 1. The average molecular weight is 303 g/mol. The maximum atomic E-state index is 6.14. The lowest BCUT2D eigenvalue weighted by atomic mass is 10.1. The Morgan fingerprint density at radius 2 is 1.90 bits per heavy atom. The van der Waals surface area contributed by atoms with Gasteiger partial charge in [0.15, 0.2) is 0 Å². The molecule has 0 aliphatic carbocycles. The number of nitrogens with two attached hydrogens (primary N) is 1. The lowest BCUT2D eigenvalue weighted by Gasteiger charge is -2.28. The summed E-state index contributed by atoms with van der Waals surface area (Å²) in [7, 11) is 0. The second-order valence-corrected chi connectivity index (χ2v) is 6.36. The van der Waals surface area contributed by atoms with Gasteiger partial charge in [0.05, 0.1) is 5.56 Å². The molecule has 1 aromatic heterocycles. The van der Waals surface area contributed by atoms with Crippen LogP contribution in [-0.2, 0) is 0 Å². The minimum Gasteiger partial charge on any atom is -0.382 e. The number of unbranched alkanes of at least 4 members (excludes halogenated alkanes) is 2. The van der Waals surface area contributed by atoms with Crippen LogP contribution in [0.5, 0.6) is 0 Å². The van der Waals surface area contributed by atoms with E-state index < -0.39 is 0 Å². The number of rotatable bonds is 7. The molecule has 2 aromatic rings. The van der Waals surface area contributed by atoms with Crippen molar-refractivity contribution in [3.05, 3.63) is 30.3 Å². The van der Waals surface area contributed by atoms with Gasteiger partial charge in [-0.25, -0.2) is 0 Å². The van der Waals surface area contributed by atoms with Crippen LogP contribution in [0.25, 0.3) is 11.1 Å². The van der Waals surface area contributed by atoms with Crippen LogP contribution in [0.15, 0.2) is 30.3 Å².